The minimum Gasteiger partial charge on any atom is -0.387 e. The third-order valence-corrected chi connectivity index (χ3v) is 17.4. The van der Waals surface area contributed by atoms with Gasteiger partial charge < -0.3 is 19.8 Å². The maximum Gasteiger partial charge on any atom is 0.472 e. The Morgan fingerprint density at radius 1 is 0.417 bits per heavy atom. The average molecular weight is 1200 g/mol. The third kappa shape index (κ3) is 67.4. The van der Waals surface area contributed by atoms with Crippen molar-refractivity contribution in [2.75, 3.05) is 40.9 Å². The van der Waals surface area contributed by atoms with Gasteiger partial charge in [-0.15, -0.1) is 0 Å². The number of rotatable bonds is 67. The molecule has 9 heteroatoms. The number of quaternary nitrogens is 1. The predicted molar refractivity (Wildman–Crippen MR) is 369 cm³/mol. The molecule has 0 heterocycles. The van der Waals surface area contributed by atoms with Gasteiger partial charge in [-0.1, -0.05) is 344 Å². The minimum atomic E-state index is -4.36. The van der Waals surface area contributed by atoms with E-state index in [0.29, 0.717) is 17.4 Å². The second-order valence-electron chi connectivity index (χ2n) is 25.9. The van der Waals surface area contributed by atoms with Gasteiger partial charge in [-0.2, -0.15) is 0 Å². The average Bonchev–Trinajstić information content (AvgIpc) is 3.56. The Bertz CT molecular complexity index is 1600. The molecule has 0 aliphatic heterocycles. The normalized spacial score (nSPS) is 14.0. The number of amides is 1. The highest BCUT2D eigenvalue weighted by Gasteiger charge is 2.28. The number of aliphatic hydroxyl groups excluding tert-OH is 1. The fourth-order valence-electron chi connectivity index (χ4n) is 10.8. The van der Waals surface area contributed by atoms with Crippen LogP contribution in [0.25, 0.3) is 0 Å². The van der Waals surface area contributed by atoms with Gasteiger partial charge in [-0.05, 0) is 70.6 Å². The van der Waals surface area contributed by atoms with Gasteiger partial charge >= 0.3 is 7.82 Å². The van der Waals surface area contributed by atoms with Crippen molar-refractivity contribution in [3.63, 3.8) is 0 Å². The molecule has 0 fully saturated rings. The Hall–Kier alpha value is -2.06. The Morgan fingerprint density at radius 2 is 0.726 bits per heavy atom. The highest BCUT2D eigenvalue weighted by Crippen LogP contribution is 2.43. The molecule has 0 aliphatic rings. The van der Waals surface area contributed by atoms with E-state index < -0.39 is 20.0 Å². The molecule has 0 aromatic rings. The zero-order chi connectivity index (χ0) is 61.2. The zero-order valence-electron chi connectivity index (χ0n) is 56.4. The van der Waals surface area contributed by atoms with Crippen LogP contribution in [0.3, 0.4) is 0 Å². The summed E-state index contributed by atoms with van der Waals surface area (Å²) < 4.78 is 23.8. The first-order valence-electron chi connectivity index (χ1n) is 36.3. The van der Waals surface area contributed by atoms with Gasteiger partial charge in [0.05, 0.1) is 39.9 Å². The molecule has 0 aliphatic carbocycles. The molecule has 84 heavy (non-hydrogen) atoms. The highest BCUT2D eigenvalue weighted by atomic mass is 31.2. The van der Waals surface area contributed by atoms with E-state index in [4.69, 9.17) is 9.05 Å². The largest absolute Gasteiger partial charge is 0.472 e. The molecular formula is C75H142N2O6P+. The number of allylic oxidation sites excluding steroid dienone is 11. The summed E-state index contributed by atoms with van der Waals surface area (Å²) in [5.41, 5.74) is 0. The molecular weight excluding hydrogens is 1060 g/mol. The number of aliphatic hydroxyl groups is 1. The number of carbonyl (C=O) groups excluding carboxylic acids is 1. The van der Waals surface area contributed by atoms with Crippen molar-refractivity contribution in [1.29, 1.82) is 0 Å². The maximum atomic E-state index is 13.1. The van der Waals surface area contributed by atoms with Crippen molar-refractivity contribution in [3.8, 4) is 0 Å². The number of carbonyl (C=O) groups is 1. The molecule has 0 saturated heterocycles. The fraction of sp³-hybridized carbons (Fsp3) is 0.827. The van der Waals surface area contributed by atoms with Crippen LogP contribution in [0.2, 0.25) is 0 Å². The van der Waals surface area contributed by atoms with Crippen molar-refractivity contribution in [2.24, 2.45) is 0 Å². The number of phosphoric ester groups is 1. The van der Waals surface area contributed by atoms with Crippen molar-refractivity contribution < 1.29 is 32.9 Å². The molecule has 0 radical (unpaired) electrons. The SMILES string of the molecule is CC/C=C\C/C=C\C/C=C\C/C=C\CCCCCCCCCCCCCCCCCCCCCCCCCCCCC(=O)NC(COP(=O)(O)OCC[N+](C)(C)C)C(O)/C=C/CC/C=C/CCCCCCCCCCCCCCCCCCC. The maximum absolute atomic E-state index is 13.1. The van der Waals surface area contributed by atoms with Gasteiger partial charge in [0.15, 0.2) is 0 Å². The van der Waals surface area contributed by atoms with Gasteiger partial charge in [0.25, 0.3) is 0 Å². The molecule has 0 aromatic heterocycles. The molecule has 0 saturated carbocycles. The molecule has 3 atom stereocenters. The lowest BCUT2D eigenvalue weighted by Gasteiger charge is -2.25. The van der Waals surface area contributed by atoms with Crippen LogP contribution in [0.4, 0.5) is 0 Å². The molecule has 0 bridgehead atoms. The third-order valence-electron chi connectivity index (χ3n) is 16.4. The number of hydrogen-bond donors (Lipinski definition) is 3. The van der Waals surface area contributed by atoms with Crippen LogP contribution in [0, 0.1) is 0 Å². The van der Waals surface area contributed by atoms with Crippen molar-refractivity contribution >= 4 is 13.7 Å². The van der Waals surface area contributed by atoms with E-state index in [1.165, 1.54) is 263 Å². The Kier molecular flexibility index (Phi) is 63.8. The molecule has 0 spiro atoms. The topological polar surface area (TPSA) is 105 Å². The zero-order valence-corrected chi connectivity index (χ0v) is 57.3. The Morgan fingerprint density at radius 3 is 1.10 bits per heavy atom. The summed E-state index contributed by atoms with van der Waals surface area (Å²) in [6, 6.07) is -0.865. The van der Waals surface area contributed by atoms with E-state index in [2.05, 4.69) is 79.9 Å². The predicted octanol–water partition coefficient (Wildman–Crippen LogP) is 23.3. The monoisotopic (exact) mass is 1200 g/mol. The number of hydrogen-bond acceptors (Lipinski definition) is 5. The van der Waals surface area contributed by atoms with Crippen LogP contribution >= 0.6 is 7.82 Å². The highest BCUT2D eigenvalue weighted by molar-refractivity contribution is 7.47. The second-order valence-corrected chi connectivity index (χ2v) is 27.4. The van der Waals surface area contributed by atoms with E-state index >= 15 is 0 Å². The van der Waals surface area contributed by atoms with Crippen LogP contribution < -0.4 is 5.32 Å². The van der Waals surface area contributed by atoms with Crippen molar-refractivity contribution in [1.82, 2.24) is 5.32 Å². The van der Waals surface area contributed by atoms with Crippen LogP contribution in [0.15, 0.2) is 72.9 Å². The first-order valence-corrected chi connectivity index (χ1v) is 37.8. The van der Waals surface area contributed by atoms with Crippen molar-refractivity contribution in [3.05, 3.63) is 72.9 Å². The number of nitrogens with one attached hydrogen (secondary N) is 1. The van der Waals surface area contributed by atoms with Gasteiger partial charge in [-0.3, -0.25) is 13.8 Å². The summed E-state index contributed by atoms with van der Waals surface area (Å²) in [4.78, 5) is 23.4. The molecule has 1 amide bonds. The quantitative estimate of drug-likeness (QED) is 0.0243. The van der Waals surface area contributed by atoms with E-state index in [9.17, 15) is 19.4 Å². The lowest BCUT2D eigenvalue weighted by molar-refractivity contribution is -0.870. The number of likely N-dealkylation sites (N-methyl/N-ethyl adjacent to an activating group) is 1. The number of nitrogens with zero attached hydrogens (tertiary/aromatic N) is 1. The fourth-order valence-corrected chi connectivity index (χ4v) is 11.6. The van der Waals surface area contributed by atoms with Gasteiger partial charge in [0.1, 0.15) is 13.2 Å². The first kappa shape index (κ1) is 81.9. The molecule has 492 valence electrons. The number of unbranched alkanes of at least 4 members (excludes halogenated alkanes) is 44. The summed E-state index contributed by atoms with van der Waals surface area (Å²) in [5, 5.41) is 14.0. The Balaban J connectivity index is 3.98. The summed E-state index contributed by atoms with van der Waals surface area (Å²) in [6.45, 7) is 4.73. The summed E-state index contributed by atoms with van der Waals surface area (Å²) in [6.07, 6.45) is 92.2. The number of phosphoric acid groups is 1. The lowest BCUT2D eigenvalue weighted by atomic mass is 10.0. The van der Waals surface area contributed by atoms with Gasteiger partial charge in [0, 0.05) is 6.42 Å². The van der Waals surface area contributed by atoms with Crippen LogP contribution in [0.1, 0.15) is 348 Å². The van der Waals surface area contributed by atoms with E-state index in [1.54, 1.807) is 6.08 Å². The summed E-state index contributed by atoms with van der Waals surface area (Å²) >= 11 is 0. The molecule has 3 unspecified atom stereocenters. The van der Waals surface area contributed by atoms with E-state index in [1.807, 2.05) is 27.2 Å². The van der Waals surface area contributed by atoms with Crippen molar-refractivity contribution in [2.45, 2.75) is 360 Å². The molecule has 8 nitrogen and oxygen atoms in total. The lowest BCUT2D eigenvalue weighted by Crippen LogP contribution is -2.45. The summed E-state index contributed by atoms with van der Waals surface area (Å²) in [5.74, 6) is -0.181. The van der Waals surface area contributed by atoms with Crippen LogP contribution in [-0.2, 0) is 18.4 Å². The van der Waals surface area contributed by atoms with Crippen LogP contribution in [-0.4, -0.2) is 73.4 Å². The smallest absolute Gasteiger partial charge is 0.387 e. The minimum absolute atomic E-state index is 0.0568. The molecule has 3 N–H and O–H groups in total. The van der Waals surface area contributed by atoms with Gasteiger partial charge in [0.2, 0.25) is 5.91 Å². The standard InChI is InChI=1S/C75H141N2O6P/c1-6-8-10-12-14-16-18-20-22-24-26-28-30-31-32-33-34-35-36-37-38-39-40-41-42-43-44-45-47-49-51-53-55-57-59-61-63-65-67-69-75(79)76-73(72-83-84(80,81)82-71-70-77(3,4)5)74(78)68-66-64-62-60-58-56-54-52-50-48-46-29-27-25-23-21-19-17-15-13-11-9-7-2/h8,10,14,16,20,22,26,28,58,60,66,68,73-74,78H,6-7,9,11-13,15,17-19,21,23-25,27,29-57,59,61-65,67,69-72H2,1-5H3,(H-,76,79,80,81)/p+1/b10-8-,16-14-,22-20-,28-26-,60-58+,68-66+. The van der Waals surface area contributed by atoms with E-state index in [0.717, 1.165) is 64.2 Å². The molecule has 0 rings (SSSR count). The first-order chi connectivity index (χ1) is 41.0. The molecule has 0 aromatic carbocycles. The Labute approximate surface area is 523 Å². The van der Waals surface area contributed by atoms with Crippen LogP contribution in [0.5, 0.6) is 0 Å². The van der Waals surface area contributed by atoms with E-state index in [-0.39, 0.29) is 19.1 Å². The van der Waals surface area contributed by atoms with Gasteiger partial charge in [-0.25, -0.2) is 4.57 Å². The second kappa shape index (κ2) is 65.4. The summed E-state index contributed by atoms with van der Waals surface area (Å²) in [7, 11) is 1.57.